The molecule has 0 aromatic carbocycles. The van der Waals surface area contributed by atoms with Crippen molar-refractivity contribution in [3.05, 3.63) is 12.4 Å². The highest BCUT2D eigenvalue weighted by Crippen LogP contribution is 2.01. The van der Waals surface area contributed by atoms with E-state index < -0.39 is 5.97 Å². The second-order valence-electron chi connectivity index (χ2n) is 4.55. The number of urea groups is 1. The summed E-state index contributed by atoms with van der Waals surface area (Å²) in [5, 5.41) is 19.0. The van der Waals surface area contributed by atoms with Crippen LogP contribution in [0.3, 0.4) is 0 Å². The van der Waals surface area contributed by atoms with Crippen molar-refractivity contribution < 1.29 is 14.7 Å². The summed E-state index contributed by atoms with van der Waals surface area (Å²) in [6, 6.07) is -0.125. The fourth-order valence-corrected chi connectivity index (χ4v) is 2.04. The van der Waals surface area contributed by atoms with Crippen molar-refractivity contribution in [2.75, 3.05) is 39.3 Å². The number of nitrogens with zero attached hydrogens (tertiary/aromatic N) is 5. The molecule has 0 atom stereocenters. The molecule has 9 nitrogen and oxygen atoms in total. The Bertz CT molecular complexity index is 441. The molecule has 0 unspecified atom stereocenters. The standard InChI is InChI=1S/C11H18N6O3/c18-10(19)9-15-5-7-16(8-6-15)11(20)12-1-3-17-4-2-13-14-17/h2,4H,1,3,5-9H2,(H,12,20)(H,18,19). The van der Waals surface area contributed by atoms with Gasteiger partial charge in [0.1, 0.15) is 0 Å². The van der Waals surface area contributed by atoms with E-state index in [0.717, 1.165) is 0 Å². The molecule has 0 radical (unpaired) electrons. The van der Waals surface area contributed by atoms with E-state index in [1.807, 2.05) is 4.90 Å². The molecule has 2 amide bonds. The molecule has 0 aliphatic carbocycles. The molecule has 0 saturated carbocycles. The Labute approximate surface area is 116 Å². The summed E-state index contributed by atoms with van der Waals surface area (Å²) in [5.41, 5.74) is 0. The molecule has 9 heteroatoms. The lowest BCUT2D eigenvalue weighted by molar-refractivity contribution is -0.138. The van der Waals surface area contributed by atoms with Crippen LogP contribution >= 0.6 is 0 Å². The Morgan fingerprint density at radius 3 is 2.60 bits per heavy atom. The van der Waals surface area contributed by atoms with E-state index in [1.54, 1.807) is 22.0 Å². The van der Waals surface area contributed by atoms with Crippen molar-refractivity contribution in [2.24, 2.45) is 0 Å². The fraction of sp³-hybridized carbons (Fsp3) is 0.636. The third-order valence-electron chi connectivity index (χ3n) is 3.11. The van der Waals surface area contributed by atoms with E-state index in [9.17, 15) is 9.59 Å². The zero-order chi connectivity index (χ0) is 14.4. The normalized spacial score (nSPS) is 16.1. The topological polar surface area (TPSA) is 104 Å². The van der Waals surface area contributed by atoms with Crippen LogP contribution in [-0.4, -0.2) is 81.2 Å². The minimum atomic E-state index is -0.837. The molecular formula is C11H18N6O3. The van der Waals surface area contributed by atoms with E-state index >= 15 is 0 Å². The lowest BCUT2D eigenvalue weighted by atomic mass is 10.3. The Hall–Kier alpha value is -2.16. The van der Waals surface area contributed by atoms with E-state index in [-0.39, 0.29) is 12.6 Å². The van der Waals surface area contributed by atoms with Crippen LogP contribution in [0.4, 0.5) is 4.79 Å². The molecule has 110 valence electrons. The Morgan fingerprint density at radius 1 is 1.25 bits per heavy atom. The van der Waals surface area contributed by atoms with Gasteiger partial charge in [-0.1, -0.05) is 5.21 Å². The summed E-state index contributed by atoms with van der Waals surface area (Å²) in [5.74, 6) is -0.837. The molecule has 20 heavy (non-hydrogen) atoms. The number of nitrogens with one attached hydrogen (secondary N) is 1. The van der Waals surface area contributed by atoms with Crippen LogP contribution in [0, 0.1) is 0 Å². The zero-order valence-corrected chi connectivity index (χ0v) is 11.1. The Morgan fingerprint density at radius 2 is 2.00 bits per heavy atom. The molecule has 1 aromatic heterocycles. The number of rotatable bonds is 5. The highest BCUT2D eigenvalue weighted by Gasteiger charge is 2.21. The second-order valence-corrected chi connectivity index (χ2v) is 4.55. The van der Waals surface area contributed by atoms with Gasteiger partial charge in [-0.25, -0.2) is 4.79 Å². The first-order chi connectivity index (χ1) is 9.65. The number of amides is 2. The number of piperazine rings is 1. The Kier molecular flexibility index (Phi) is 4.88. The van der Waals surface area contributed by atoms with Crippen molar-refractivity contribution in [1.29, 1.82) is 0 Å². The lowest BCUT2D eigenvalue weighted by Crippen LogP contribution is -2.52. The summed E-state index contributed by atoms with van der Waals surface area (Å²) in [4.78, 5) is 26.0. The van der Waals surface area contributed by atoms with Crippen LogP contribution in [0.15, 0.2) is 12.4 Å². The van der Waals surface area contributed by atoms with Crippen molar-refractivity contribution in [2.45, 2.75) is 6.54 Å². The van der Waals surface area contributed by atoms with Gasteiger partial charge in [0.05, 0.1) is 19.3 Å². The third kappa shape index (κ3) is 4.19. The largest absolute Gasteiger partial charge is 0.480 e. The summed E-state index contributed by atoms with van der Waals surface area (Å²) in [6.45, 7) is 3.35. The number of carboxylic acid groups (broad SMARTS) is 1. The monoisotopic (exact) mass is 282 g/mol. The van der Waals surface area contributed by atoms with E-state index in [1.165, 1.54) is 0 Å². The predicted molar refractivity (Wildman–Crippen MR) is 69.1 cm³/mol. The maximum absolute atomic E-state index is 11.9. The maximum atomic E-state index is 11.9. The van der Waals surface area contributed by atoms with E-state index in [2.05, 4.69) is 15.6 Å². The average Bonchev–Trinajstić information content (AvgIpc) is 2.92. The minimum Gasteiger partial charge on any atom is -0.480 e. The van der Waals surface area contributed by atoms with Crippen LogP contribution in [0.1, 0.15) is 0 Å². The molecule has 1 aromatic rings. The molecular weight excluding hydrogens is 264 g/mol. The number of aromatic nitrogens is 3. The smallest absolute Gasteiger partial charge is 0.317 e. The number of carbonyl (C=O) groups excluding carboxylic acids is 1. The fourth-order valence-electron chi connectivity index (χ4n) is 2.04. The van der Waals surface area contributed by atoms with Gasteiger partial charge >= 0.3 is 12.0 Å². The summed E-state index contributed by atoms with van der Waals surface area (Å²) in [7, 11) is 0. The van der Waals surface area contributed by atoms with E-state index in [0.29, 0.717) is 39.3 Å². The molecule has 0 bridgehead atoms. The van der Waals surface area contributed by atoms with Crippen LogP contribution in [0.25, 0.3) is 0 Å². The summed E-state index contributed by atoms with van der Waals surface area (Å²) < 4.78 is 1.64. The van der Waals surface area contributed by atoms with Gasteiger partial charge in [-0.2, -0.15) is 0 Å². The minimum absolute atomic E-state index is 0.0295. The number of aliphatic carboxylic acids is 1. The lowest BCUT2D eigenvalue weighted by Gasteiger charge is -2.33. The van der Waals surface area contributed by atoms with Gasteiger partial charge in [0, 0.05) is 38.9 Å². The van der Waals surface area contributed by atoms with Gasteiger partial charge in [0.25, 0.3) is 0 Å². The number of hydrogen-bond donors (Lipinski definition) is 2. The van der Waals surface area contributed by atoms with Crippen LogP contribution in [0.2, 0.25) is 0 Å². The van der Waals surface area contributed by atoms with Gasteiger partial charge in [-0.3, -0.25) is 14.4 Å². The third-order valence-corrected chi connectivity index (χ3v) is 3.11. The predicted octanol–water partition coefficient (Wildman–Crippen LogP) is -1.31. The van der Waals surface area contributed by atoms with E-state index in [4.69, 9.17) is 5.11 Å². The number of carboxylic acids is 1. The highest BCUT2D eigenvalue weighted by molar-refractivity contribution is 5.74. The maximum Gasteiger partial charge on any atom is 0.317 e. The molecule has 1 saturated heterocycles. The summed E-state index contributed by atoms with van der Waals surface area (Å²) in [6.07, 6.45) is 3.32. The zero-order valence-electron chi connectivity index (χ0n) is 11.1. The first-order valence-electron chi connectivity index (χ1n) is 6.46. The van der Waals surface area contributed by atoms with Crippen molar-refractivity contribution in [3.63, 3.8) is 0 Å². The first-order valence-corrected chi connectivity index (χ1v) is 6.46. The molecule has 2 heterocycles. The van der Waals surface area contributed by atoms with Crippen molar-refractivity contribution in [1.82, 2.24) is 30.1 Å². The average molecular weight is 282 g/mol. The van der Waals surface area contributed by atoms with Gasteiger partial charge in [-0.15, -0.1) is 5.10 Å². The SMILES string of the molecule is O=C(O)CN1CCN(C(=O)NCCn2ccnn2)CC1. The molecule has 2 rings (SSSR count). The number of carbonyl (C=O) groups is 2. The van der Waals surface area contributed by atoms with Crippen molar-refractivity contribution >= 4 is 12.0 Å². The van der Waals surface area contributed by atoms with Crippen LogP contribution in [-0.2, 0) is 11.3 Å². The Balaban J connectivity index is 1.65. The number of hydrogen-bond acceptors (Lipinski definition) is 5. The highest BCUT2D eigenvalue weighted by atomic mass is 16.4. The van der Waals surface area contributed by atoms with Gasteiger partial charge in [-0.05, 0) is 0 Å². The first kappa shape index (κ1) is 14.3. The van der Waals surface area contributed by atoms with Gasteiger partial charge < -0.3 is 15.3 Å². The van der Waals surface area contributed by atoms with Crippen LogP contribution in [0.5, 0.6) is 0 Å². The molecule has 1 aliphatic rings. The van der Waals surface area contributed by atoms with Gasteiger partial charge in [0.2, 0.25) is 0 Å². The molecule has 0 spiro atoms. The summed E-state index contributed by atoms with van der Waals surface area (Å²) >= 11 is 0. The quantitative estimate of drug-likeness (QED) is 0.695. The van der Waals surface area contributed by atoms with Gasteiger partial charge in [0.15, 0.2) is 0 Å². The van der Waals surface area contributed by atoms with Crippen molar-refractivity contribution in [3.8, 4) is 0 Å². The molecule has 2 N–H and O–H groups in total. The second kappa shape index (κ2) is 6.85. The molecule has 1 fully saturated rings. The van der Waals surface area contributed by atoms with Crippen LogP contribution < -0.4 is 5.32 Å². The molecule has 1 aliphatic heterocycles.